The second-order valence-electron chi connectivity index (χ2n) is 3.99. The van der Waals surface area contributed by atoms with E-state index in [0.29, 0.717) is 11.4 Å². The molecule has 5 heteroatoms. The van der Waals surface area contributed by atoms with Gasteiger partial charge in [0.15, 0.2) is 5.82 Å². The topological polar surface area (TPSA) is 42.0 Å². The van der Waals surface area contributed by atoms with Crippen molar-refractivity contribution >= 4 is 49.3 Å². The molecular weight excluding hydrogens is 324 g/mol. The van der Waals surface area contributed by atoms with Crippen LogP contribution in [0.5, 0.6) is 0 Å². The zero-order valence-corrected chi connectivity index (χ0v) is 12.2. The van der Waals surface area contributed by atoms with Crippen molar-refractivity contribution in [3.05, 3.63) is 58.6 Å². The summed E-state index contributed by atoms with van der Waals surface area (Å²) in [6, 6.07) is 15.1. The first-order valence-electron chi connectivity index (χ1n) is 5.65. The minimum Gasteiger partial charge on any atom is -0.305 e. The van der Waals surface area contributed by atoms with E-state index in [-0.39, 0.29) is 5.91 Å². The minimum absolute atomic E-state index is 0.149. The van der Waals surface area contributed by atoms with Crippen molar-refractivity contribution in [2.75, 3.05) is 5.32 Å². The van der Waals surface area contributed by atoms with Gasteiger partial charge in [0.1, 0.15) is 0 Å². The molecule has 3 nitrogen and oxygen atoms in total. The summed E-state index contributed by atoms with van der Waals surface area (Å²) in [5, 5.41) is 3.82. The van der Waals surface area contributed by atoms with Gasteiger partial charge in [0.05, 0.1) is 4.70 Å². The van der Waals surface area contributed by atoms with Crippen LogP contribution < -0.4 is 5.32 Å². The zero-order valence-electron chi connectivity index (χ0n) is 9.76. The van der Waals surface area contributed by atoms with Crippen LogP contribution in [0.2, 0.25) is 0 Å². The van der Waals surface area contributed by atoms with Gasteiger partial charge in [-0.15, -0.1) is 0 Å². The number of fused-ring (bicyclic) bond motifs is 1. The van der Waals surface area contributed by atoms with E-state index in [0.717, 1.165) is 14.6 Å². The Balaban J connectivity index is 1.89. The lowest BCUT2D eigenvalue weighted by Crippen LogP contribution is -2.11. The van der Waals surface area contributed by atoms with E-state index in [1.807, 2.05) is 36.4 Å². The van der Waals surface area contributed by atoms with E-state index in [2.05, 4.69) is 25.6 Å². The van der Waals surface area contributed by atoms with Gasteiger partial charge in [-0.3, -0.25) is 4.79 Å². The molecule has 0 aliphatic heterocycles. The average molecular weight is 333 g/mol. The van der Waals surface area contributed by atoms with Crippen LogP contribution in [0.3, 0.4) is 0 Å². The lowest BCUT2D eigenvalue weighted by molar-refractivity contribution is 0.102. The average Bonchev–Trinajstić information content (AvgIpc) is 2.83. The molecule has 3 rings (SSSR count). The van der Waals surface area contributed by atoms with Crippen molar-refractivity contribution in [3.8, 4) is 0 Å². The molecule has 2 aromatic carbocycles. The quantitative estimate of drug-likeness (QED) is 0.759. The fraction of sp³-hybridized carbons (Fsp3) is 0. The summed E-state index contributed by atoms with van der Waals surface area (Å²) < 4.78 is 6.29. The van der Waals surface area contributed by atoms with Crippen molar-refractivity contribution in [2.45, 2.75) is 0 Å². The highest BCUT2D eigenvalue weighted by Crippen LogP contribution is 2.26. The van der Waals surface area contributed by atoms with Crippen LogP contribution >= 0.6 is 27.5 Å². The molecule has 1 N–H and O–H groups in total. The van der Waals surface area contributed by atoms with Crippen LogP contribution in [0.15, 0.2) is 53.0 Å². The summed E-state index contributed by atoms with van der Waals surface area (Å²) in [4.78, 5) is 12.1. The summed E-state index contributed by atoms with van der Waals surface area (Å²) in [6.45, 7) is 0. The second-order valence-corrected chi connectivity index (χ2v) is 5.71. The molecule has 0 bridgehead atoms. The summed E-state index contributed by atoms with van der Waals surface area (Å²) in [5.74, 6) is 0.470. The van der Waals surface area contributed by atoms with E-state index >= 15 is 0 Å². The number of nitrogens with zero attached hydrogens (tertiary/aromatic N) is 1. The van der Waals surface area contributed by atoms with E-state index in [1.165, 1.54) is 11.5 Å². The Morgan fingerprint density at radius 3 is 2.63 bits per heavy atom. The van der Waals surface area contributed by atoms with Crippen LogP contribution in [0, 0.1) is 0 Å². The van der Waals surface area contributed by atoms with Crippen LogP contribution in [0.4, 0.5) is 5.82 Å². The number of carbonyl (C=O) groups is 1. The summed E-state index contributed by atoms with van der Waals surface area (Å²) >= 11 is 4.73. The third-order valence-electron chi connectivity index (χ3n) is 2.72. The Morgan fingerprint density at radius 2 is 1.84 bits per heavy atom. The standard InChI is InChI=1S/C14H9BrN2OS/c15-10-7-5-9(6-8-10)14(18)16-13-11-3-1-2-4-12(11)19-17-13/h1-8H,(H,16,17,18). The summed E-state index contributed by atoms with van der Waals surface area (Å²) in [7, 11) is 0. The van der Waals surface area contributed by atoms with E-state index < -0.39 is 0 Å². The predicted molar refractivity (Wildman–Crippen MR) is 81.7 cm³/mol. The van der Waals surface area contributed by atoms with Crippen molar-refractivity contribution < 1.29 is 4.79 Å². The Hall–Kier alpha value is -1.72. The molecule has 0 fully saturated rings. The third-order valence-corrected chi connectivity index (χ3v) is 4.07. The highest BCUT2D eigenvalue weighted by atomic mass is 79.9. The first-order valence-corrected chi connectivity index (χ1v) is 7.22. The monoisotopic (exact) mass is 332 g/mol. The van der Waals surface area contributed by atoms with Crippen molar-refractivity contribution in [3.63, 3.8) is 0 Å². The Bertz CT molecular complexity index is 737. The molecule has 19 heavy (non-hydrogen) atoms. The Kier molecular flexibility index (Phi) is 3.31. The van der Waals surface area contributed by atoms with Gasteiger partial charge < -0.3 is 5.32 Å². The molecule has 0 radical (unpaired) electrons. The molecule has 0 atom stereocenters. The molecule has 1 aromatic heterocycles. The molecule has 0 aliphatic carbocycles. The number of carbonyl (C=O) groups excluding carboxylic acids is 1. The van der Waals surface area contributed by atoms with Crippen molar-refractivity contribution in [1.82, 2.24) is 4.37 Å². The van der Waals surface area contributed by atoms with Crippen LogP contribution in [0.1, 0.15) is 10.4 Å². The van der Waals surface area contributed by atoms with Gasteiger partial charge in [-0.2, -0.15) is 4.37 Å². The normalized spacial score (nSPS) is 10.6. The van der Waals surface area contributed by atoms with Gasteiger partial charge in [0.25, 0.3) is 5.91 Å². The maximum atomic E-state index is 12.1. The first-order chi connectivity index (χ1) is 9.24. The maximum absolute atomic E-state index is 12.1. The zero-order chi connectivity index (χ0) is 13.2. The SMILES string of the molecule is O=C(Nc1nsc2ccccc12)c1ccc(Br)cc1. The van der Waals surface area contributed by atoms with Crippen molar-refractivity contribution in [2.24, 2.45) is 0 Å². The number of rotatable bonds is 2. The number of nitrogens with one attached hydrogen (secondary N) is 1. The van der Waals surface area contributed by atoms with Crippen molar-refractivity contribution in [1.29, 1.82) is 0 Å². The van der Waals surface area contributed by atoms with Gasteiger partial charge in [0, 0.05) is 15.4 Å². The van der Waals surface area contributed by atoms with Crippen LogP contribution in [-0.4, -0.2) is 10.3 Å². The van der Waals surface area contributed by atoms with Gasteiger partial charge in [-0.25, -0.2) is 0 Å². The molecule has 0 saturated heterocycles. The van der Waals surface area contributed by atoms with Gasteiger partial charge in [-0.1, -0.05) is 28.1 Å². The number of amides is 1. The van der Waals surface area contributed by atoms with E-state index in [9.17, 15) is 4.79 Å². The largest absolute Gasteiger partial charge is 0.305 e. The molecule has 1 heterocycles. The number of aromatic nitrogens is 1. The lowest BCUT2D eigenvalue weighted by atomic mass is 10.2. The number of benzene rings is 2. The molecule has 0 unspecified atom stereocenters. The van der Waals surface area contributed by atoms with Gasteiger partial charge in [-0.05, 0) is 47.9 Å². The van der Waals surface area contributed by atoms with Gasteiger partial charge in [0.2, 0.25) is 0 Å². The first kappa shape index (κ1) is 12.3. The van der Waals surface area contributed by atoms with E-state index in [4.69, 9.17) is 0 Å². The predicted octanol–water partition coefficient (Wildman–Crippen LogP) is 4.31. The Morgan fingerprint density at radius 1 is 1.11 bits per heavy atom. The highest BCUT2D eigenvalue weighted by molar-refractivity contribution is 9.10. The molecule has 0 saturated carbocycles. The molecule has 94 valence electrons. The second kappa shape index (κ2) is 5.11. The number of anilines is 1. The Labute approximate surface area is 122 Å². The molecular formula is C14H9BrN2OS. The summed E-state index contributed by atoms with van der Waals surface area (Å²) in [6.07, 6.45) is 0. The van der Waals surface area contributed by atoms with Gasteiger partial charge >= 0.3 is 0 Å². The number of halogens is 1. The van der Waals surface area contributed by atoms with Crippen LogP contribution in [-0.2, 0) is 0 Å². The fourth-order valence-electron chi connectivity index (χ4n) is 1.76. The molecule has 0 aliphatic rings. The lowest BCUT2D eigenvalue weighted by Gasteiger charge is -2.02. The number of hydrogen-bond donors (Lipinski definition) is 1. The van der Waals surface area contributed by atoms with Crippen LogP contribution in [0.25, 0.3) is 10.1 Å². The number of hydrogen-bond acceptors (Lipinski definition) is 3. The minimum atomic E-state index is -0.149. The molecule has 3 aromatic rings. The maximum Gasteiger partial charge on any atom is 0.256 e. The smallest absolute Gasteiger partial charge is 0.256 e. The third kappa shape index (κ3) is 2.52. The summed E-state index contributed by atoms with van der Waals surface area (Å²) in [5.41, 5.74) is 0.611. The molecule has 1 amide bonds. The molecule has 0 spiro atoms. The fourth-order valence-corrected chi connectivity index (χ4v) is 2.76. The van der Waals surface area contributed by atoms with E-state index in [1.54, 1.807) is 12.1 Å². The highest BCUT2D eigenvalue weighted by Gasteiger charge is 2.10.